The van der Waals surface area contributed by atoms with E-state index in [1.807, 2.05) is 57.4 Å². The Labute approximate surface area is 337 Å². The molecule has 4 amide bonds. The largest absolute Gasteiger partial charge is 0.496 e. The van der Waals surface area contributed by atoms with E-state index in [1.54, 1.807) is 13.2 Å². The molecule has 2 aliphatic carbocycles. The Balaban J connectivity index is 1.26. The van der Waals surface area contributed by atoms with Gasteiger partial charge in [0.25, 0.3) is 5.91 Å². The van der Waals surface area contributed by atoms with Gasteiger partial charge in [0.1, 0.15) is 45.9 Å². The summed E-state index contributed by atoms with van der Waals surface area (Å²) in [5, 5.41) is 8.66. The van der Waals surface area contributed by atoms with Crippen molar-refractivity contribution in [1.82, 2.24) is 30.2 Å². The summed E-state index contributed by atoms with van der Waals surface area (Å²) in [6.45, 7) is 11.6. The number of carbonyl (C=O) groups is 4. The van der Waals surface area contributed by atoms with Crippen LogP contribution < -0.4 is 24.8 Å². The van der Waals surface area contributed by atoms with Crippen molar-refractivity contribution in [1.29, 1.82) is 0 Å². The quantitative estimate of drug-likeness (QED) is 0.264. The predicted octanol–water partition coefficient (Wildman–Crippen LogP) is 4.90. The SMILES string of the molecule is COc1ccc2c(O[C@@H]3C[C@H]4C(=O)N[C@]5(C(=O)NS(=O)(=O)C6CC6)C[C@H]5/C=C\CCCC(=O)N[C@@H](C(C)(C)C)C(=O)N4C3)cc(-c3nc(C(C)C)cs3)nc2c1C. The van der Waals surface area contributed by atoms with Gasteiger partial charge in [0.2, 0.25) is 27.7 Å². The number of ether oxygens (including phenoxy) is 2. The van der Waals surface area contributed by atoms with Crippen LogP contribution in [-0.2, 0) is 29.2 Å². The van der Waals surface area contributed by atoms with Crippen molar-refractivity contribution in [3.8, 4) is 22.2 Å². The minimum absolute atomic E-state index is 0.000986. The highest BCUT2D eigenvalue weighted by Crippen LogP contribution is 2.46. The van der Waals surface area contributed by atoms with E-state index in [4.69, 9.17) is 19.4 Å². The predicted molar refractivity (Wildman–Crippen MR) is 216 cm³/mol. The maximum absolute atomic E-state index is 14.7. The number of carbonyl (C=O) groups excluding carboxylic acids is 4. The number of pyridine rings is 1. The molecule has 5 atom stereocenters. The van der Waals surface area contributed by atoms with E-state index in [0.717, 1.165) is 11.3 Å². The van der Waals surface area contributed by atoms with Gasteiger partial charge < -0.3 is 25.0 Å². The summed E-state index contributed by atoms with van der Waals surface area (Å²) in [6, 6.07) is 3.45. The molecule has 2 saturated carbocycles. The van der Waals surface area contributed by atoms with E-state index in [9.17, 15) is 27.6 Å². The Hall–Kier alpha value is -4.57. The third kappa shape index (κ3) is 8.25. The fourth-order valence-electron chi connectivity index (χ4n) is 7.69. The van der Waals surface area contributed by atoms with Crippen LogP contribution >= 0.6 is 11.3 Å². The average Bonchev–Trinajstić information content (AvgIpc) is 4.02. The van der Waals surface area contributed by atoms with Gasteiger partial charge in [-0.25, -0.2) is 18.4 Å². The van der Waals surface area contributed by atoms with Crippen molar-refractivity contribution in [2.45, 2.75) is 121 Å². The fraction of sp³-hybridized carbons (Fsp3) is 0.561. The zero-order valence-electron chi connectivity index (χ0n) is 33.5. The molecule has 0 bridgehead atoms. The molecule has 7 rings (SSSR count). The Morgan fingerprint density at radius 2 is 1.88 bits per heavy atom. The smallest absolute Gasteiger partial charge is 0.259 e. The molecule has 3 N–H and O–H groups in total. The number of methoxy groups -OCH3 is 1. The number of benzene rings is 1. The molecule has 3 aromatic rings. The van der Waals surface area contributed by atoms with Gasteiger partial charge in [0.15, 0.2) is 0 Å². The number of rotatable bonds is 8. The lowest BCUT2D eigenvalue weighted by atomic mass is 9.85. The monoisotopic (exact) mass is 820 g/mol. The molecule has 0 unspecified atom stereocenters. The molecule has 3 fully saturated rings. The van der Waals surface area contributed by atoms with Crippen LogP contribution in [0, 0.1) is 18.3 Å². The van der Waals surface area contributed by atoms with Gasteiger partial charge in [-0.05, 0) is 62.5 Å². The van der Waals surface area contributed by atoms with Crippen LogP contribution in [0.2, 0.25) is 0 Å². The van der Waals surface area contributed by atoms with Crippen molar-refractivity contribution in [3.63, 3.8) is 0 Å². The molecule has 57 heavy (non-hydrogen) atoms. The zero-order chi connectivity index (χ0) is 41.0. The summed E-state index contributed by atoms with van der Waals surface area (Å²) in [6.07, 6.45) is 5.35. The Kier molecular flexibility index (Phi) is 10.9. The lowest BCUT2D eigenvalue weighted by Crippen LogP contribution is -2.60. The number of hydrogen-bond donors (Lipinski definition) is 3. The van der Waals surface area contributed by atoms with E-state index in [1.165, 1.54) is 16.2 Å². The van der Waals surface area contributed by atoms with Crippen LogP contribution in [0.15, 0.2) is 35.7 Å². The molecular weight excluding hydrogens is 769 g/mol. The van der Waals surface area contributed by atoms with Crippen LogP contribution in [0.4, 0.5) is 0 Å². The number of aryl methyl sites for hydroxylation is 1. The number of allylic oxidation sites excluding steroid dienone is 1. The average molecular weight is 821 g/mol. The highest BCUT2D eigenvalue weighted by Gasteiger charge is 2.62. The van der Waals surface area contributed by atoms with E-state index >= 15 is 0 Å². The van der Waals surface area contributed by atoms with E-state index in [0.29, 0.717) is 58.8 Å². The van der Waals surface area contributed by atoms with E-state index < -0.39 is 68.1 Å². The molecule has 14 nitrogen and oxygen atoms in total. The minimum Gasteiger partial charge on any atom is -0.496 e. The Morgan fingerprint density at radius 3 is 2.54 bits per heavy atom. The fourth-order valence-corrected chi connectivity index (χ4v) is 9.99. The van der Waals surface area contributed by atoms with Crippen molar-refractivity contribution < 1.29 is 37.1 Å². The summed E-state index contributed by atoms with van der Waals surface area (Å²) in [7, 11) is -2.31. The minimum atomic E-state index is -3.90. The second-order valence-corrected chi connectivity index (χ2v) is 20.0. The molecule has 1 saturated heterocycles. The van der Waals surface area contributed by atoms with Crippen molar-refractivity contribution in [3.05, 3.63) is 47.0 Å². The molecule has 4 aliphatic rings. The van der Waals surface area contributed by atoms with Crippen LogP contribution in [0.5, 0.6) is 11.5 Å². The van der Waals surface area contributed by atoms with Crippen molar-refractivity contribution >= 4 is 55.9 Å². The topological polar surface area (TPSA) is 186 Å². The number of aromatic nitrogens is 2. The number of thiazole rings is 1. The summed E-state index contributed by atoms with van der Waals surface area (Å²) in [5.41, 5.74) is 0.760. The van der Waals surface area contributed by atoms with Gasteiger partial charge in [0.05, 0.1) is 30.1 Å². The summed E-state index contributed by atoms with van der Waals surface area (Å²) in [4.78, 5) is 67.5. The van der Waals surface area contributed by atoms with Gasteiger partial charge in [-0.1, -0.05) is 46.8 Å². The number of hydrogen-bond acceptors (Lipinski definition) is 11. The number of nitrogens with zero attached hydrogens (tertiary/aromatic N) is 3. The highest BCUT2D eigenvalue weighted by molar-refractivity contribution is 7.91. The summed E-state index contributed by atoms with van der Waals surface area (Å²) >= 11 is 1.48. The van der Waals surface area contributed by atoms with Crippen molar-refractivity contribution in [2.75, 3.05) is 13.7 Å². The first-order valence-electron chi connectivity index (χ1n) is 19.7. The molecule has 1 aromatic carbocycles. The van der Waals surface area contributed by atoms with Gasteiger partial charge in [-0.2, -0.15) is 0 Å². The lowest BCUT2D eigenvalue weighted by Gasteiger charge is -2.35. The molecule has 306 valence electrons. The normalized spacial score (nSPS) is 26.5. The molecule has 2 aliphatic heterocycles. The molecule has 2 aromatic heterocycles. The summed E-state index contributed by atoms with van der Waals surface area (Å²) < 4.78 is 40.5. The molecular formula is C41H52N6O8S2. The maximum atomic E-state index is 14.7. The number of fused-ring (bicyclic) bond motifs is 3. The van der Waals surface area contributed by atoms with E-state index in [-0.39, 0.29) is 37.6 Å². The molecule has 4 heterocycles. The summed E-state index contributed by atoms with van der Waals surface area (Å²) in [5.74, 6) is -1.26. The van der Waals surface area contributed by atoms with E-state index in [2.05, 4.69) is 29.2 Å². The van der Waals surface area contributed by atoms with Gasteiger partial charge in [-0.3, -0.25) is 23.9 Å². The second kappa shape index (κ2) is 15.3. The first-order valence-corrected chi connectivity index (χ1v) is 22.1. The third-order valence-corrected chi connectivity index (χ3v) is 14.1. The number of nitrogens with one attached hydrogen (secondary N) is 3. The Morgan fingerprint density at radius 1 is 1.12 bits per heavy atom. The molecule has 0 radical (unpaired) electrons. The van der Waals surface area contributed by atoms with Gasteiger partial charge >= 0.3 is 0 Å². The van der Waals surface area contributed by atoms with Gasteiger partial charge in [0, 0.05) is 41.2 Å². The Bertz CT molecular complexity index is 2240. The number of sulfonamides is 1. The van der Waals surface area contributed by atoms with Crippen LogP contribution in [0.3, 0.4) is 0 Å². The highest BCUT2D eigenvalue weighted by atomic mass is 32.2. The molecule has 16 heteroatoms. The standard InChI is InChI=1S/C41H52N6O8S2/c1-22(2)29-21-56-37(43-29)28-18-32(27-15-16-31(54-7)23(3)34(27)42-28)55-25-17-30-36(49)45-41(39(51)46-57(52,53)26-13-14-26)19-24(41)11-9-8-10-12-33(48)44-35(40(4,5)6)38(50)47(30)20-25/h9,11,15-16,18,21-22,24-26,30,35H,8,10,12-14,17,19-20H2,1-7H3,(H,44,48)(H,45,49)(H,46,51)/b11-9-/t24-,25-,30+,35-,41-/m1/s1. The van der Waals surface area contributed by atoms with Crippen LogP contribution in [-0.4, -0.2) is 89.5 Å². The lowest BCUT2D eigenvalue weighted by molar-refractivity contribution is -0.144. The van der Waals surface area contributed by atoms with Crippen LogP contribution in [0.25, 0.3) is 21.6 Å². The van der Waals surface area contributed by atoms with Gasteiger partial charge in [-0.15, -0.1) is 11.3 Å². The van der Waals surface area contributed by atoms with Crippen molar-refractivity contribution in [2.24, 2.45) is 11.3 Å². The third-order valence-electron chi connectivity index (χ3n) is 11.4. The molecule has 0 spiro atoms. The zero-order valence-corrected chi connectivity index (χ0v) is 35.1. The first-order chi connectivity index (χ1) is 26.9. The second-order valence-electron chi connectivity index (χ2n) is 17.1. The van der Waals surface area contributed by atoms with Crippen LogP contribution in [0.1, 0.15) is 96.7 Å². The maximum Gasteiger partial charge on any atom is 0.259 e. The number of amides is 4. The first kappa shape index (κ1) is 40.6.